The minimum Gasteiger partial charge on any atom is -0.302 e. The van der Waals surface area contributed by atoms with E-state index in [1.807, 2.05) is 20.2 Å². The molecule has 0 amide bonds. The van der Waals surface area contributed by atoms with Crippen LogP contribution >= 0.6 is 0 Å². The minimum atomic E-state index is -3.66. The second-order valence-corrected chi connectivity index (χ2v) is 7.49. The number of rotatable bonds is 5. The molecule has 1 aliphatic carbocycles. The topological polar surface area (TPSA) is 73.2 Å². The Hall–Kier alpha value is -1.42. The first-order valence-corrected chi connectivity index (χ1v) is 8.56. The van der Waals surface area contributed by atoms with Crippen LogP contribution in [0.5, 0.6) is 0 Å². The normalized spacial score (nSPS) is 17.8. The van der Waals surface area contributed by atoms with Gasteiger partial charge < -0.3 is 4.90 Å². The van der Waals surface area contributed by atoms with Crippen molar-refractivity contribution in [2.75, 3.05) is 20.6 Å². The Morgan fingerprint density at radius 2 is 1.90 bits per heavy atom. The van der Waals surface area contributed by atoms with Crippen molar-refractivity contribution in [3.63, 3.8) is 0 Å². The van der Waals surface area contributed by atoms with Gasteiger partial charge in [-0.15, -0.1) is 0 Å². The van der Waals surface area contributed by atoms with E-state index in [2.05, 4.69) is 9.62 Å². The zero-order chi connectivity index (χ0) is 15.5. The molecule has 1 fully saturated rings. The lowest BCUT2D eigenvalue weighted by molar-refractivity contribution is 0.162. The maximum Gasteiger partial charge on any atom is 0.241 e. The van der Waals surface area contributed by atoms with Crippen LogP contribution in [-0.4, -0.2) is 39.5 Å². The van der Waals surface area contributed by atoms with Crippen LogP contribution in [0.3, 0.4) is 0 Å². The fourth-order valence-electron chi connectivity index (χ4n) is 2.92. The first kappa shape index (κ1) is 16.0. The predicted molar refractivity (Wildman–Crippen MR) is 81.2 cm³/mol. The molecule has 6 heteroatoms. The molecule has 0 radical (unpaired) electrons. The standard InChI is InChI=1S/C15H21N3O2S/c1-18(2)15(9-5-6-10-15)12-17-21(19,20)14-8-4-3-7-13(14)11-16/h3-4,7-8,17H,5-6,9-10,12H2,1-2H3. The van der Waals surface area contributed by atoms with Crippen LogP contribution in [0.15, 0.2) is 29.2 Å². The highest BCUT2D eigenvalue weighted by atomic mass is 32.2. The number of likely N-dealkylation sites (N-methyl/N-ethyl adjacent to an activating group) is 1. The van der Waals surface area contributed by atoms with Crippen molar-refractivity contribution < 1.29 is 8.42 Å². The monoisotopic (exact) mass is 307 g/mol. The number of hydrogen-bond donors (Lipinski definition) is 1. The van der Waals surface area contributed by atoms with E-state index in [9.17, 15) is 8.42 Å². The summed E-state index contributed by atoms with van der Waals surface area (Å²) >= 11 is 0. The van der Waals surface area contributed by atoms with Gasteiger partial charge in [-0.3, -0.25) is 0 Å². The zero-order valence-electron chi connectivity index (χ0n) is 12.5. The van der Waals surface area contributed by atoms with Crippen LogP contribution in [0.25, 0.3) is 0 Å². The lowest BCUT2D eigenvalue weighted by Crippen LogP contribution is -2.50. The average molecular weight is 307 g/mol. The second kappa shape index (κ2) is 6.14. The number of nitrogens with one attached hydrogen (secondary N) is 1. The molecule has 0 aromatic heterocycles. The quantitative estimate of drug-likeness (QED) is 0.899. The summed E-state index contributed by atoms with van der Waals surface area (Å²) in [5.41, 5.74) is 0.0598. The molecule has 1 saturated carbocycles. The van der Waals surface area contributed by atoms with Gasteiger partial charge in [0.05, 0.1) is 10.5 Å². The van der Waals surface area contributed by atoms with E-state index in [0.29, 0.717) is 6.54 Å². The summed E-state index contributed by atoms with van der Waals surface area (Å²) in [6.45, 7) is 0.377. The fraction of sp³-hybridized carbons (Fsp3) is 0.533. The molecule has 0 aliphatic heterocycles. The van der Waals surface area contributed by atoms with Crippen molar-refractivity contribution >= 4 is 10.0 Å². The highest BCUT2D eigenvalue weighted by molar-refractivity contribution is 7.89. The Kier molecular flexibility index (Phi) is 4.67. The van der Waals surface area contributed by atoms with Gasteiger partial charge >= 0.3 is 0 Å². The van der Waals surface area contributed by atoms with E-state index >= 15 is 0 Å². The van der Waals surface area contributed by atoms with Crippen molar-refractivity contribution in [3.8, 4) is 6.07 Å². The Morgan fingerprint density at radius 1 is 1.29 bits per heavy atom. The lowest BCUT2D eigenvalue weighted by atomic mass is 9.97. The van der Waals surface area contributed by atoms with Crippen LogP contribution in [0.2, 0.25) is 0 Å². The highest BCUT2D eigenvalue weighted by Gasteiger charge is 2.37. The van der Waals surface area contributed by atoms with E-state index in [-0.39, 0.29) is 16.0 Å². The Labute approximate surface area is 126 Å². The van der Waals surface area contributed by atoms with Gasteiger partial charge in [-0.05, 0) is 39.1 Å². The lowest BCUT2D eigenvalue weighted by Gasteiger charge is -2.36. The molecule has 0 atom stereocenters. The molecular formula is C15H21N3O2S. The van der Waals surface area contributed by atoms with Crippen LogP contribution in [0.1, 0.15) is 31.2 Å². The molecule has 0 heterocycles. The third kappa shape index (κ3) is 3.26. The third-order valence-corrected chi connectivity index (χ3v) is 5.83. The zero-order valence-corrected chi connectivity index (χ0v) is 13.3. The molecule has 1 aliphatic rings. The molecule has 21 heavy (non-hydrogen) atoms. The maximum atomic E-state index is 12.5. The van der Waals surface area contributed by atoms with Crippen molar-refractivity contribution in [3.05, 3.63) is 29.8 Å². The summed E-state index contributed by atoms with van der Waals surface area (Å²) in [5, 5.41) is 9.05. The Bertz CT molecular complexity index is 641. The molecule has 114 valence electrons. The number of nitrogens with zero attached hydrogens (tertiary/aromatic N) is 2. The summed E-state index contributed by atoms with van der Waals surface area (Å²) in [7, 11) is 0.317. The minimum absolute atomic E-state index is 0.0550. The molecule has 1 aromatic carbocycles. The van der Waals surface area contributed by atoms with Gasteiger partial charge in [0.2, 0.25) is 10.0 Å². The third-order valence-electron chi connectivity index (χ3n) is 4.37. The molecule has 2 rings (SSSR count). The summed E-state index contributed by atoms with van der Waals surface area (Å²) in [6.07, 6.45) is 4.22. The smallest absolute Gasteiger partial charge is 0.241 e. The molecule has 1 aromatic rings. The predicted octanol–water partition coefficient (Wildman–Crippen LogP) is 1.71. The van der Waals surface area contributed by atoms with E-state index in [1.54, 1.807) is 12.1 Å². The maximum absolute atomic E-state index is 12.5. The first-order chi connectivity index (χ1) is 9.91. The van der Waals surface area contributed by atoms with Gasteiger partial charge in [0.15, 0.2) is 0 Å². The van der Waals surface area contributed by atoms with Gasteiger partial charge in [0.1, 0.15) is 6.07 Å². The fourth-order valence-corrected chi connectivity index (χ4v) is 4.19. The van der Waals surface area contributed by atoms with Crippen LogP contribution < -0.4 is 4.72 Å². The number of nitriles is 1. The molecular weight excluding hydrogens is 286 g/mol. The molecule has 0 unspecified atom stereocenters. The largest absolute Gasteiger partial charge is 0.302 e. The van der Waals surface area contributed by atoms with E-state index < -0.39 is 10.0 Å². The summed E-state index contributed by atoms with van der Waals surface area (Å²) < 4.78 is 27.6. The van der Waals surface area contributed by atoms with Crippen molar-refractivity contribution in [1.82, 2.24) is 9.62 Å². The van der Waals surface area contributed by atoms with E-state index in [0.717, 1.165) is 25.7 Å². The van der Waals surface area contributed by atoms with Crippen LogP contribution in [0, 0.1) is 11.3 Å². The first-order valence-electron chi connectivity index (χ1n) is 7.07. The van der Waals surface area contributed by atoms with E-state index in [4.69, 9.17) is 5.26 Å². The van der Waals surface area contributed by atoms with Gasteiger partial charge in [0.25, 0.3) is 0 Å². The van der Waals surface area contributed by atoms with Gasteiger partial charge in [-0.1, -0.05) is 25.0 Å². The van der Waals surface area contributed by atoms with Crippen LogP contribution in [-0.2, 0) is 10.0 Å². The second-order valence-electron chi connectivity index (χ2n) is 5.76. The summed E-state index contributed by atoms with van der Waals surface area (Å²) in [6, 6.07) is 8.22. The average Bonchev–Trinajstić information content (AvgIpc) is 2.95. The highest BCUT2D eigenvalue weighted by Crippen LogP contribution is 2.33. The Morgan fingerprint density at radius 3 is 2.48 bits per heavy atom. The molecule has 0 spiro atoms. The van der Waals surface area contributed by atoms with Crippen LogP contribution in [0.4, 0.5) is 0 Å². The SMILES string of the molecule is CN(C)C1(CNS(=O)(=O)c2ccccc2C#N)CCCC1. The molecule has 5 nitrogen and oxygen atoms in total. The number of hydrogen-bond acceptors (Lipinski definition) is 4. The van der Waals surface area contributed by atoms with Gasteiger partial charge in [-0.2, -0.15) is 5.26 Å². The summed E-state index contributed by atoms with van der Waals surface area (Å²) in [5.74, 6) is 0. The molecule has 0 saturated heterocycles. The number of sulfonamides is 1. The van der Waals surface area contributed by atoms with Gasteiger partial charge in [-0.25, -0.2) is 13.1 Å². The Balaban J connectivity index is 2.20. The van der Waals surface area contributed by atoms with Crippen molar-refractivity contribution in [1.29, 1.82) is 5.26 Å². The molecule has 0 bridgehead atoms. The van der Waals surface area contributed by atoms with Crippen molar-refractivity contribution in [2.24, 2.45) is 0 Å². The summed E-state index contributed by atoms with van der Waals surface area (Å²) in [4.78, 5) is 2.16. The van der Waals surface area contributed by atoms with Crippen molar-refractivity contribution in [2.45, 2.75) is 36.1 Å². The van der Waals surface area contributed by atoms with Gasteiger partial charge in [0, 0.05) is 12.1 Å². The molecule has 1 N–H and O–H groups in total. The van der Waals surface area contributed by atoms with E-state index in [1.165, 1.54) is 12.1 Å². The number of benzene rings is 1.